The molecule has 4 aromatic rings. The van der Waals surface area contributed by atoms with Gasteiger partial charge in [-0.2, -0.15) is 5.10 Å². The Labute approximate surface area is 172 Å². The number of hydrogen-bond acceptors (Lipinski definition) is 5. The van der Waals surface area contributed by atoms with Crippen molar-refractivity contribution in [2.45, 2.75) is 41.2 Å². The van der Waals surface area contributed by atoms with Gasteiger partial charge < -0.3 is 14.8 Å². The lowest BCUT2D eigenvalue weighted by Gasteiger charge is -2.08. The van der Waals surface area contributed by atoms with E-state index in [0.29, 0.717) is 22.4 Å². The second-order valence-electron chi connectivity index (χ2n) is 7.49. The highest BCUT2D eigenvalue weighted by molar-refractivity contribution is 6.04. The van der Waals surface area contributed by atoms with Crippen molar-refractivity contribution in [2.24, 2.45) is 0 Å². The minimum Gasteiger partial charge on any atom is -0.361 e. The van der Waals surface area contributed by atoms with Crippen molar-refractivity contribution in [1.82, 2.24) is 25.1 Å². The maximum absolute atomic E-state index is 13.2. The molecule has 154 valence electrons. The summed E-state index contributed by atoms with van der Waals surface area (Å²) in [4.78, 5) is 28.3. The molecule has 0 unspecified atom stereocenters. The standard InChI is InChI=1S/C22H23N5O3/c1-11-9-12(2)25-21(28)16(11)10-23-22(29)18-13(3)20(19-14(4)26-30-15(19)5)27-17(18)7-6-8-24-27/h6-9H,10H2,1-5H3,(H,23,29)(H,25,28). The van der Waals surface area contributed by atoms with E-state index in [2.05, 4.69) is 20.6 Å². The topological polar surface area (TPSA) is 105 Å². The summed E-state index contributed by atoms with van der Waals surface area (Å²) in [5.41, 5.74) is 6.27. The van der Waals surface area contributed by atoms with Gasteiger partial charge in [0.15, 0.2) is 0 Å². The molecule has 0 aliphatic rings. The normalized spacial score (nSPS) is 11.2. The van der Waals surface area contributed by atoms with Crippen LogP contribution in [0.3, 0.4) is 0 Å². The molecule has 0 aliphatic carbocycles. The van der Waals surface area contributed by atoms with Crippen LogP contribution in [0.4, 0.5) is 0 Å². The molecule has 0 fully saturated rings. The number of aromatic nitrogens is 4. The van der Waals surface area contributed by atoms with Gasteiger partial charge in [-0.25, -0.2) is 4.52 Å². The van der Waals surface area contributed by atoms with Crippen molar-refractivity contribution in [3.63, 3.8) is 0 Å². The molecule has 4 rings (SSSR count). The summed E-state index contributed by atoms with van der Waals surface area (Å²) in [6, 6.07) is 5.53. The summed E-state index contributed by atoms with van der Waals surface area (Å²) in [5.74, 6) is 0.393. The van der Waals surface area contributed by atoms with Crippen molar-refractivity contribution < 1.29 is 9.32 Å². The van der Waals surface area contributed by atoms with Crippen molar-refractivity contribution in [1.29, 1.82) is 0 Å². The zero-order chi connectivity index (χ0) is 21.6. The molecule has 0 spiro atoms. The molecule has 1 amide bonds. The summed E-state index contributed by atoms with van der Waals surface area (Å²) in [6.07, 6.45) is 1.67. The van der Waals surface area contributed by atoms with E-state index >= 15 is 0 Å². The second kappa shape index (κ2) is 7.29. The van der Waals surface area contributed by atoms with E-state index < -0.39 is 0 Å². The first-order chi connectivity index (χ1) is 14.3. The number of carbonyl (C=O) groups is 1. The highest BCUT2D eigenvalue weighted by Crippen LogP contribution is 2.34. The van der Waals surface area contributed by atoms with Gasteiger partial charge in [0.05, 0.1) is 28.0 Å². The van der Waals surface area contributed by atoms with Gasteiger partial charge in [0, 0.05) is 24.0 Å². The summed E-state index contributed by atoms with van der Waals surface area (Å²) in [6.45, 7) is 9.41. The molecule has 30 heavy (non-hydrogen) atoms. The minimum absolute atomic E-state index is 0.137. The van der Waals surface area contributed by atoms with Gasteiger partial charge in [-0.1, -0.05) is 5.16 Å². The monoisotopic (exact) mass is 405 g/mol. The molecular formula is C22H23N5O3. The number of rotatable bonds is 4. The molecule has 0 atom stereocenters. The molecule has 0 aromatic carbocycles. The van der Waals surface area contributed by atoms with E-state index in [0.717, 1.165) is 33.8 Å². The van der Waals surface area contributed by atoms with Gasteiger partial charge in [0.25, 0.3) is 11.5 Å². The maximum Gasteiger partial charge on any atom is 0.254 e. The number of carbonyl (C=O) groups excluding carboxylic acids is 1. The Morgan fingerprint density at radius 1 is 1.23 bits per heavy atom. The first kappa shape index (κ1) is 19.6. The van der Waals surface area contributed by atoms with Crippen LogP contribution in [0.25, 0.3) is 16.8 Å². The SMILES string of the molecule is Cc1cc(C)c(CNC(=O)c2c(C)c(-c3c(C)noc3C)n3ncccc23)c(=O)[nH]1. The molecule has 0 bridgehead atoms. The number of nitrogens with one attached hydrogen (secondary N) is 2. The quantitative estimate of drug-likeness (QED) is 0.543. The van der Waals surface area contributed by atoms with E-state index in [9.17, 15) is 9.59 Å². The fraction of sp³-hybridized carbons (Fsp3) is 0.273. The van der Waals surface area contributed by atoms with Crippen LogP contribution in [-0.4, -0.2) is 25.7 Å². The third-order valence-electron chi connectivity index (χ3n) is 5.37. The Kier molecular flexibility index (Phi) is 4.77. The van der Waals surface area contributed by atoms with Crippen LogP contribution in [0.1, 0.15) is 44.2 Å². The van der Waals surface area contributed by atoms with Gasteiger partial charge in [-0.15, -0.1) is 0 Å². The van der Waals surface area contributed by atoms with Crippen LogP contribution in [-0.2, 0) is 6.54 Å². The van der Waals surface area contributed by atoms with E-state index in [1.165, 1.54) is 0 Å². The fourth-order valence-electron chi connectivity index (χ4n) is 3.97. The molecule has 0 aliphatic heterocycles. The predicted octanol–water partition coefficient (Wildman–Crippen LogP) is 3.15. The number of fused-ring (bicyclic) bond motifs is 1. The van der Waals surface area contributed by atoms with Crippen LogP contribution in [0.2, 0.25) is 0 Å². The zero-order valence-electron chi connectivity index (χ0n) is 17.6. The lowest BCUT2D eigenvalue weighted by molar-refractivity contribution is 0.0952. The molecule has 8 heteroatoms. The number of aryl methyl sites for hydroxylation is 4. The van der Waals surface area contributed by atoms with Crippen molar-refractivity contribution in [2.75, 3.05) is 0 Å². The van der Waals surface area contributed by atoms with Gasteiger partial charge in [-0.3, -0.25) is 9.59 Å². The van der Waals surface area contributed by atoms with Gasteiger partial charge in [0.2, 0.25) is 0 Å². The van der Waals surface area contributed by atoms with Crippen molar-refractivity contribution >= 4 is 11.4 Å². The van der Waals surface area contributed by atoms with Gasteiger partial charge in [-0.05, 0) is 63.9 Å². The molecule has 2 N–H and O–H groups in total. The van der Waals surface area contributed by atoms with Crippen LogP contribution in [0, 0.1) is 34.6 Å². The van der Waals surface area contributed by atoms with Crippen LogP contribution in [0.5, 0.6) is 0 Å². The Hall–Kier alpha value is -3.68. The van der Waals surface area contributed by atoms with Crippen molar-refractivity contribution in [3.8, 4) is 11.3 Å². The third-order valence-corrected chi connectivity index (χ3v) is 5.37. The predicted molar refractivity (Wildman–Crippen MR) is 113 cm³/mol. The smallest absolute Gasteiger partial charge is 0.254 e. The van der Waals surface area contributed by atoms with Gasteiger partial charge in [0.1, 0.15) is 5.76 Å². The Bertz CT molecular complexity index is 1320. The molecule has 0 saturated carbocycles. The number of H-pyrrole nitrogens is 1. The third kappa shape index (κ3) is 3.10. The lowest BCUT2D eigenvalue weighted by Crippen LogP contribution is -2.28. The molecule has 0 saturated heterocycles. The average molecular weight is 405 g/mol. The number of amides is 1. The van der Waals surface area contributed by atoms with Crippen LogP contribution < -0.4 is 10.9 Å². The molecule has 4 heterocycles. The number of hydrogen-bond donors (Lipinski definition) is 2. The summed E-state index contributed by atoms with van der Waals surface area (Å²) < 4.78 is 7.07. The maximum atomic E-state index is 13.2. The van der Waals surface area contributed by atoms with Gasteiger partial charge >= 0.3 is 0 Å². The molecular weight excluding hydrogens is 382 g/mol. The zero-order valence-corrected chi connectivity index (χ0v) is 17.6. The van der Waals surface area contributed by atoms with Crippen LogP contribution >= 0.6 is 0 Å². The first-order valence-corrected chi connectivity index (χ1v) is 9.66. The largest absolute Gasteiger partial charge is 0.361 e. The lowest BCUT2D eigenvalue weighted by atomic mass is 10.0. The fourth-order valence-corrected chi connectivity index (χ4v) is 3.97. The molecule has 0 radical (unpaired) electrons. The Balaban J connectivity index is 1.78. The molecule has 4 aromatic heterocycles. The first-order valence-electron chi connectivity index (χ1n) is 9.66. The second-order valence-corrected chi connectivity index (χ2v) is 7.49. The highest BCUT2D eigenvalue weighted by atomic mass is 16.5. The minimum atomic E-state index is -0.268. The van der Waals surface area contributed by atoms with E-state index in [4.69, 9.17) is 4.52 Å². The summed E-state index contributed by atoms with van der Waals surface area (Å²) in [5, 5.41) is 11.4. The van der Waals surface area contributed by atoms with E-state index in [1.807, 2.05) is 46.8 Å². The van der Waals surface area contributed by atoms with E-state index in [-0.39, 0.29) is 18.0 Å². The summed E-state index contributed by atoms with van der Waals surface area (Å²) >= 11 is 0. The van der Waals surface area contributed by atoms with E-state index in [1.54, 1.807) is 16.8 Å². The molecule has 8 nitrogen and oxygen atoms in total. The Morgan fingerprint density at radius 3 is 2.67 bits per heavy atom. The Morgan fingerprint density at radius 2 is 2.00 bits per heavy atom. The number of aromatic amines is 1. The number of nitrogens with zero attached hydrogens (tertiary/aromatic N) is 3. The van der Waals surface area contributed by atoms with Crippen LogP contribution in [0.15, 0.2) is 33.7 Å². The highest BCUT2D eigenvalue weighted by Gasteiger charge is 2.26. The van der Waals surface area contributed by atoms with Crippen molar-refractivity contribution in [3.05, 3.63) is 74.2 Å². The average Bonchev–Trinajstić information content (AvgIpc) is 3.16. The number of pyridine rings is 1. The summed E-state index contributed by atoms with van der Waals surface area (Å²) in [7, 11) is 0.